The number of rotatable bonds is 34. The summed E-state index contributed by atoms with van der Waals surface area (Å²) in [6.07, 6.45) is 38.0. The Morgan fingerprint density at radius 2 is 1.05 bits per heavy atom. The van der Waals surface area contributed by atoms with E-state index in [0.717, 1.165) is 109 Å². The van der Waals surface area contributed by atoms with Gasteiger partial charge in [0.2, 0.25) is 0 Å². The van der Waals surface area contributed by atoms with E-state index in [0.29, 0.717) is 12.8 Å². The third-order valence-electron chi connectivity index (χ3n) is 9.48. The number of Topliss-reactive ketones (excluding diaryl/α,β-unsaturated/α-hetero) is 1. The van der Waals surface area contributed by atoms with Crippen LogP contribution in [0.2, 0.25) is 0 Å². The fourth-order valence-electron chi connectivity index (χ4n) is 6.10. The van der Waals surface area contributed by atoms with Gasteiger partial charge in [-0.1, -0.05) is 125 Å². The summed E-state index contributed by atoms with van der Waals surface area (Å²) in [5, 5.41) is 40.1. The van der Waals surface area contributed by atoms with Crippen molar-refractivity contribution in [3.63, 3.8) is 0 Å². The van der Waals surface area contributed by atoms with Crippen LogP contribution < -0.4 is 0 Å². The first-order valence-electron chi connectivity index (χ1n) is 21.4. The zero-order chi connectivity index (χ0) is 40.2. The lowest BCUT2D eigenvalue weighted by atomic mass is 9.99. The van der Waals surface area contributed by atoms with Gasteiger partial charge in [-0.05, 0) is 83.5 Å². The van der Waals surface area contributed by atoms with Gasteiger partial charge in [-0.15, -0.1) is 0 Å². The van der Waals surface area contributed by atoms with Crippen molar-refractivity contribution in [3.8, 4) is 0 Å². The second-order valence-electron chi connectivity index (χ2n) is 14.4. The van der Waals surface area contributed by atoms with Crippen LogP contribution >= 0.6 is 0 Å². The minimum absolute atomic E-state index is 0.0983. The molecule has 1 aliphatic heterocycles. The molecule has 6 atom stereocenters. The first-order chi connectivity index (χ1) is 26.8. The average molecular weight is 773 g/mol. The Bertz CT molecular complexity index is 1120. The summed E-state index contributed by atoms with van der Waals surface area (Å²) in [6.45, 7) is 3.53. The van der Waals surface area contributed by atoms with Crippen LogP contribution in [0.3, 0.4) is 0 Å². The van der Waals surface area contributed by atoms with Gasteiger partial charge in [-0.3, -0.25) is 9.59 Å². The van der Waals surface area contributed by atoms with E-state index in [1.165, 1.54) is 0 Å². The topological polar surface area (TPSA) is 143 Å². The van der Waals surface area contributed by atoms with Gasteiger partial charge in [0, 0.05) is 19.3 Å². The highest BCUT2D eigenvalue weighted by Gasteiger charge is 2.44. The van der Waals surface area contributed by atoms with E-state index in [4.69, 9.17) is 14.2 Å². The summed E-state index contributed by atoms with van der Waals surface area (Å²) in [4.78, 5) is 25.5. The highest BCUT2D eigenvalue weighted by atomic mass is 16.7. The van der Waals surface area contributed by atoms with Gasteiger partial charge < -0.3 is 34.6 Å². The lowest BCUT2D eigenvalue weighted by Crippen LogP contribution is -2.59. The normalized spacial score (nSPS) is 21.4. The van der Waals surface area contributed by atoms with Crippen LogP contribution in [-0.2, 0) is 23.8 Å². The molecule has 0 unspecified atom stereocenters. The Morgan fingerprint density at radius 1 is 0.582 bits per heavy atom. The van der Waals surface area contributed by atoms with Gasteiger partial charge in [-0.2, -0.15) is 0 Å². The quantitative estimate of drug-likeness (QED) is 0.0286. The van der Waals surface area contributed by atoms with Crippen molar-refractivity contribution in [2.24, 2.45) is 0 Å². The fourth-order valence-corrected chi connectivity index (χ4v) is 6.10. The van der Waals surface area contributed by atoms with Crippen molar-refractivity contribution >= 4 is 11.8 Å². The monoisotopic (exact) mass is 773 g/mol. The van der Waals surface area contributed by atoms with Crippen LogP contribution in [0.25, 0.3) is 0 Å². The van der Waals surface area contributed by atoms with Crippen LogP contribution in [0.5, 0.6) is 0 Å². The Hall–Kier alpha value is -2.66. The molecule has 1 aliphatic rings. The van der Waals surface area contributed by atoms with E-state index >= 15 is 0 Å². The standard InChI is InChI=1S/C46H76O9/c1-3-5-7-9-11-13-15-17-19-21-23-25-27-29-31-33-39(48)35-36-40(38-53-46-45(52)44(51)43(50)41(37-47)55-46)54-42(49)34-32-30-28-26-24-22-20-18-16-14-12-10-8-6-4-2/h5-8,11-14,17-20,40-41,43-47,50-52H,3-4,9-10,15-16,21-38H2,1-2H3/b7-5-,8-6-,13-11-,14-12-,19-17-,20-18-/t40-,41-,43+,44+,45-,46-/m1/s1. The summed E-state index contributed by atoms with van der Waals surface area (Å²) >= 11 is 0. The molecule has 9 nitrogen and oxygen atoms in total. The number of hydrogen-bond acceptors (Lipinski definition) is 9. The van der Waals surface area contributed by atoms with Crippen LogP contribution in [0.1, 0.15) is 155 Å². The van der Waals surface area contributed by atoms with E-state index < -0.39 is 43.4 Å². The zero-order valence-electron chi connectivity index (χ0n) is 34.2. The molecule has 55 heavy (non-hydrogen) atoms. The lowest BCUT2D eigenvalue weighted by Gasteiger charge is -2.39. The van der Waals surface area contributed by atoms with Crippen molar-refractivity contribution in [2.75, 3.05) is 13.2 Å². The number of allylic oxidation sites excluding steroid dienone is 12. The van der Waals surface area contributed by atoms with Crippen molar-refractivity contribution in [3.05, 3.63) is 72.9 Å². The summed E-state index contributed by atoms with van der Waals surface area (Å²) < 4.78 is 16.9. The number of carbonyl (C=O) groups excluding carboxylic acids is 2. The predicted octanol–water partition coefficient (Wildman–Crippen LogP) is 9.24. The summed E-state index contributed by atoms with van der Waals surface area (Å²) in [5.41, 5.74) is 0. The average Bonchev–Trinajstić information content (AvgIpc) is 3.18. The maximum absolute atomic E-state index is 12.8. The van der Waals surface area contributed by atoms with Gasteiger partial charge >= 0.3 is 5.97 Å². The molecule has 9 heteroatoms. The smallest absolute Gasteiger partial charge is 0.306 e. The van der Waals surface area contributed by atoms with E-state index in [1.54, 1.807) is 0 Å². The van der Waals surface area contributed by atoms with E-state index in [2.05, 4.69) is 86.8 Å². The number of esters is 1. The zero-order valence-corrected chi connectivity index (χ0v) is 34.2. The minimum atomic E-state index is -1.57. The van der Waals surface area contributed by atoms with Gasteiger partial charge in [-0.25, -0.2) is 0 Å². The number of hydrogen-bond donors (Lipinski definition) is 4. The molecule has 314 valence electrons. The van der Waals surface area contributed by atoms with Crippen molar-refractivity contribution in [2.45, 2.75) is 192 Å². The highest BCUT2D eigenvalue weighted by molar-refractivity contribution is 5.78. The molecule has 0 aliphatic carbocycles. The summed E-state index contributed by atoms with van der Waals surface area (Å²) in [5.74, 6) is -0.275. The molecule has 0 radical (unpaired) electrons. The van der Waals surface area contributed by atoms with E-state index in [-0.39, 0.29) is 37.6 Å². The Morgan fingerprint density at radius 3 is 1.58 bits per heavy atom. The maximum atomic E-state index is 12.8. The first-order valence-corrected chi connectivity index (χ1v) is 21.4. The third kappa shape index (κ3) is 27.6. The molecule has 1 fully saturated rings. The van der Waals surface area contributed by atoms with Crippen molar-refractivity contribution in [1.29, 1.82) is 0 Å². The largest absolute Gasteiger partial charge is 0.460 e. The van der Waals surface area contributed by atoms with Crippen LogP contribution in [-0.4, -0.2) is 82.2 Å². The van der Waals surface area contributed by atoms with Gasteiger partial charge in [0.25, 0.3) is 0 Å². The Kier molecular flexibility index (Phi) is 32.7. The molecular weight excluding hydrogens is 696 g/mol. The fraction of sp³-hybridized carbons (Fsp3) is 0.696. The highest BCUT2D eigenvalue weighted by Crippen LogP contribution is 2.23. The minimum Gasteiger partial charge on any atom is -0.460 e. The summed E-state index contributed by atoms with van der Waals surface area (Å²) in [7, 11) is 0. The molecular formula is C46H76O9. The van der Waals surface area contributed by atoms with Crippen LogP contribution in [0.4, 0.5) is 0 Å². The number of aliphatic hydroxyl groups is 4. The number of unbranched alkanes of at least 4 members (excludes halogenated alkanes) is 10. The van der Waals surface area contributed by atoms with Crippen LogP contribution in [0.15, 0.2) is 72.9 Å². The van der Waals surface area contributed by atoms with Crippen molar-refractivity contribution < 1.29 is 44.2 Å². The molecule has 0 aromatic heterocycles. The Balaban J connectivity index is 2.39. The van der Waals surface area contributed by atoms with Crippen molar-refractivity contribution in [1.82, 2.24) is 0 Å². The Labute approximate surface area is 333 Å². The molecule has 0 amide bonds. The second-order valence-corrected chi connectivity index (χ2v) is 14.4. The third-order valence-corrected chi connectivity index (χ3v) is 9.48. The number of aliphatic hydroxyl groups excluding tert-OH is 4. The van der Waals surface area contributed by atoms with Gasteiger partial charge in [0.1, 0.15) is 36.3 Å². The number of ketones is 1. The number of carbonyl (C=O) groups is 2. The van der Waals surface area contributed by atoms with E-state index in [9.17, 15) is 30.0 Å². The maximum Gasteiger partial charge on any atom is 0.306 e. The molecule has 0 spiro atoms. The molecule has 1 saturated heterocycles. The lowest BCUT2D eigenvalue weighted by molar-refractivity contribution is -0.304. The summed E-state index contributed by atoms with van der Waals surface area (Å²) in [6, 6.07) is 0. The molecule has 0 aromatic carbocycles. The van der Waals surface area contributed by atoms with Gasteiger partial charge in [0.15, 0.2) is 6.29 Å². The molecule has 0 bridgehead atoms. The predicted molar refractivity (Wildman–Crippen MR) is 222 cm³/mol. The second kappa shape index (κ2) is 35.7. The number of ether oxygens (including phenoxy) is 3. The molecule has 1 heterocycles. The molecule has 4 N–H and O–H groups in total. The van der Waals surface area contributed by atoms with E-state index in [1.807, 2.05) is 0 Å². The molecule has 0 aromatic rings. The molecule has 0 saturated carbocycles. The first kappa shape index (κ1) is 50.4. The van der Waals surface area contributed by atoms with Crippen LogP contribution in [0, 0.1) is 0 Å². The molecule has 1 rings (SSSR count). The van der Waals surface area contributed by atoms with Gasteiger partial charge in [0.05, 0.1) is 13.2 Å². The SMILES string of the molecule is CC/C=C\C/C=C\C/C=C\CCCCCCCC(=O)CC[C@H](CO[C@@H]1O[C@H](CO)[C@H](O)[C@H](O)[C@H]1O)OC(=O)CCCCCCC/C=C\C/C=C\C/C=C\CC.